The smallest absolute Gasteiger partial charge is 0.337 e. The number of halogens is 1. The van der Waals surface area contributed by atoms with Gasteiger partial charge in [0.25, 0.3) is 0 Å². The number of aliphatic hydroxyl groups excluding tert-OH is 1. The molecule has 0 aliphatic rings. The fraction of sp³-hybridized carbons (Fsp3) is 0.500. The van der Waals surface area contributed by atoms with Gasteiger partial charge in [-0.05, 0) is 37.0 Å². The molecule has 1 rings (SSSR count). The molecule has 1 atom stereocenters. The van der Waals surface area contributed by atoms with Crippen LogP contribution in [-0.4, -0.2) is 29.3 Å². The molecular weight excluding hydrogens is 266 g/mol. The quantitative estimate of drug-likeness (QED) is 0.686. The van der Waals surface area contributed by atoms with Crippen LogP contribution < -0.4 is 5.32 Å². The van der Waals surface area contributed by atoms with Gasteiger partial charge in [-0.1, -0.05) is 24.9 Å². The van der Waals surface area contributed by atoms with Crippen molar-refractivity contribution in [1.82, 2.24) is 0 Å². The molecule has 4 nitrogen and oxygen atoms in total. The summed E-state index contributed by atoms with van der Waals surface area (Å²) < 4.78 is 0. The van der Waals surface area contributed by atoms with Gasteiger partial charge < -0.3 is 15.5 Å². The SMILES string of the molecule is CCCC(CCO)CNc1cc(Cl)ccc1C(=O)O. The first-order valence-electron chi connectivity index (χ1n) is 6.46. The van der Waals surface area contributed by atoms with E-state index in [1.165, 1.54) is 6.07 Å². The van der Waals surface area contributed by atoms with Gasteiger partial charge in [-0.2, -0.15) is 0 Å². The molecule has 0 heterocycles. The molecule has 3 N–H and O–H groups in total. The van der Waals surface area contributed by atoms with E-state index in [9.17, 15) is 4.79 Å². The van der Waals surface area contributed by atoms with Crippen molar-refractivity contribution in [3.05, 3.63) is 28.8 Å². The van der Waals surface area contributed by atoms with E-state index >= 15 is 0 Å². The van der Waals surface area contributed by atoms with Gasteiger partial charge in [0, 0.05) is 18.2 Å². The number of hydrogen-bond donors (Lipinski definition) is 3. The summed E-state index contributed by atoms with van der Waals surface area (Å²) in [6.45, 7) is 2.87. The Morgan fingerprint density at radius 2 is 2.16 bits per heavy atom. The maximum Gasteiger partial charge on any atom is 0.337 e. The zero-order valence-electron chi connectivity index (χ0n) is 11.0. The van der Waals surface area contributed by atoms with Crippen LogP contribution in [0, 0.1) is 5.92 Å². The van der Waals surface area contributed by atoms with E-state index in [0.29, 0.717) is 29.6 Å². The average molecular weight is 286 g/mol. The average Bonchev–Trinajstić information content (AvgIpc) is 2.36. The Bertz CT molecular complexity index is 417. The van der Waals surface area contributed by atoms with Crippen LogP contribution in [0.4, 0.5) is 5.69 Å². The van der Waals surface area contributed by atoms with Crippen molar-refractivity contribution in [3.63, 3.8) is 0 Å². The van der Waals surface area contributed by atoms with Crippen LogP contribution in [0.5, 0.6) is 0 Å². The molecule has 1 aromatic rings. The summed E-state index contributed by atoms with van der Waals surface area (Å²) in [5.74, 6) is -0.649. The van der Waals surface area contributed by atoms with Crippen LogP contribution in [0.25, 0.3) is 0 Å². The van der Waals surface area contributed by atoms with Crippen LogP contribution >= 0.6 is 11.6 Å². The van der Waals surface area contributed by atoms with Crippen molar-refractivity contribution in [2.24, 2.45) is 5.92 Å². The molecule has 19 heavy (non-hydrogen) atoms. The maximum atomic E-state index is 11.1. The molecule has 0 bridgehead atoms. The van der Waals surface area contributed by atoms with E-state index < -0.39 is 5.97 Å². The molecule has 1 unspecified atom stereocenters. The van der Waals surface area contributed by atoms with Crippen molar-refractivity contribution in [2.75, 3.05) is 18.5 Å². The summed E-state index contributed by atoms with van der Waals surface area (Å²) in [4.78, 5) is 11.1. The number of benzene rings is 1. The standard InChI is InChI=1S/C14H20ClNO3/c1-2-3-10(6-7-17)9-16-13-8-11(15)4-5-12(13)14(18)19/h4-5,8,10,16-17H,2-3,6-7,9H2,1H3,(H,18,19). The van der Waals surface area contributed by atoms with Gasteiger partial charge >= 0.3 is 5.97 Å². The minimum absolute atomic E-state index is 0.147. The van der Waals surface area contributed by atoms with Crippen molar-refractivity contribution < 1.29 is 15.0 Å². The molecular formula is C14H20ClNO3. The lowest BCUT2D eigenvalue weighted by molar-refractivity contribution is 0.0698. The van der Waals surface area contributed by atoms with Gasteiger partial charge in [0.15, 0.2) is 0 Å². The van der Waals surface area contributed by atoms with Gasteiger partial charge in [0.2, 0.25) is 0 Å². The molecule has 0 radical (unpaired) electrons. The predicted molar refractivity (Wildman–Crippen MR) is 77.0 cm³/mol. The molecule has 106 valence electrons. The number of anilines is 1. The van der Waals surface area contributed by atoms with Crippen LogP contribution in [0.15, 0.2) is 18.2 Å². The molecule has 0 fully saturated rings. The Hall–Kier alpha value is -1.26. The minimum atomic E-state index is -0.978. The number of carboxylic acids is 1. The highest BCUT2D eigenvalue weighted by Gasteiger charge is 2.12. The molecule has 0 spiro atoms. The number of hydrogen-bond acceptors (Lipinski definition) is 3. The van der Waals surface area contributed by atoms with E-state index in [4.69, 9.17) is 21.8 Å². The summed E-state index contributed by atoms with van der Waals surface area (Å²) in [5, 5.41) is 21.7. The maximum absolute atomic E-state index is 11.1. The summed E-state index contributed by atoms with van der Waals surface area (Å²) in [5.41, 5.74) is 0.739. The summed E-state index contributed by atoms with van der Waals surface area (Å²) in [7, 11) is 0. The number of aromatic carboxylic acids is 1. The molecule has 0 saturated heterocycles. The Kier molecular flexibility index (Phi) is 6.67. The predicted octanol–water partition coefficient (Wildman–Crippen LogP) is 3.25. The number of nitrogens with one attached hydrogen (secondary N) is 1. The van der Waals surface area contributed by atoms with E-state index in [1.54, 1.807) is 12.1 Å². The molecule has 5 heteroatoms. The lowest BCUT2D eigenvalue weighted by Crippen LogP contribution is -2.17. The topological polar surface area (TPSA) is 69.6 Å². The van der Waals surface area contributed by atoms with Gasteiger partial charge in [0.1, 0.15) is 0 Å². The van der Waals surface area contributed by atoms with E-state index in [1.807, 2.05) is 0 Å². The first kappa shape index (κ1) is 15.8. The van der Waals surface area contributed by atoms with E-state index in [2.05, 4.69) is 12.2 Å². The molecule has 0 aliphatic heterocycles. The van der Waals surface area contributed by atoms with Gasteiger partial charge in [-0.25, -0.2) is 4.79 Å². The third kappa shape index (κ3) is 5.09. The zero-order valence-corrected chi connectivity index (χ0v) is 11.8. The monoisotopic (exact) mass is 285 g/mol. The molecule has 0 aromatic heterocycles. The lowest BCUT2D eigenvalue weighted by atomic mass is 10.00. The van der Waals surface area contributed by atoms with E-state index in [0.717, 1.165) is 12.8 Å². The fourth-order valence-electron chi connectivity index (χ4n) is 2.04. The molecule has 0 saturated carbocycles. The van der Waals surface area contributed by atoms with Crippen molar-refractivity contribution >= 4 is 23.3 Å². The van der Waals surface area contributed by atoms with Crippen molar-refractivity contribution in [1.29, 1.82) is 0 Å². The Balaban J connectivity index is 2.74. The van der Waals surface area contributed by atoms with Crippen LogP contribution in [0.3, 0.4) is 0 Å². The first-order valence-corrected chi connectivity index (χ1v) is 6.83. The summed E-state index contributed by atoms with van der Waals surface area (Å²) in [6.07, 6.45) is 2.74. The Labute approximate surface area is 118 Å². The summed E-state index contributed by atoms with van der Waals surface area (Å²) >= 11 is 5.89. The van der Waals surface area contributed by atoms with Crippen LogP contribution in [0.2, 0.25) is 5.02 Å². The zero-order chi connectivity index (χ0) is 14.3. The third-order valence-corrected chi connectivity index (χ3v) is 3.26. The normalized spacial score (nSPS) is 12.2. The van der Waals surface area contributed by atoms with Gasteiger partial charge in [0.05, 0.1) is 11.3 Å². The minimum Gasteiger partial charge on any atom is -0.478 e. The highest BCUT2D eigenvalue weighted by Crippen LogP contribution is 2.22. The van der Waals surface area contributed by atoms with Crippen molar-refractivity contribution in [2.45, 2.75) is 26.2 Å². The largest absolute Gasteiger partial charge is 0.478 e. The molecule has 0 amide bonds. The Morgan fingerprint density at radius 1 is 1.42 bits per heavy atom. The third-order valence-electron chi connectivity index (χ3n) is 3.03. The molecule has 1 aromatic carbocycles. The van der Waals surface area contributed by atoms with Crippen LogP contribution in [0.1, 0.15) is 36.5 Å². The highest BCUT2D eigenvalue weighted by molar-refractivity contribution is 6.31. The lowest BCUT2D eigenvalue weighted by Gasteiger charge is -2.17. The first-order chi connectivity index (χ1) is 9.08. The number of aliphatic hydroxyl groups is 1. The second-order valence-electron chi connectivity index (χ2n) is 4.54. The van der Waals surface area contributed by atoms with Gasteiger partial charge in [-0.15, -0.1) is 0 Å². The number of rotatable bonds is 8. The summed E-state index contributed by atoms with van der Waals surface area (Å²) in [6, 6.07) is 4.67. The number of carboxylic acid groups (broad SMARTS) is 1. The second-order valence-corrected chi connectivity index (χ2v) is 4.98. The van der Waals surface area contributed by atoms with E-state index in [-0.39, 0.29) is 12.2 Å². The molecule has 0 aliphatic carbocycles. The second kappa shape index (κ2) is 8.02. The number of carbonyl (C=O) groups is 1. The Morgan fingerprint density at radius 3 is 2.74 bits per heavy atom. The van der Waals surface area contributed by atoms with Gasteiger partial charge in [-0.3, -0.25) is 0 Å². The van der Waals surface area contributed by atoms with Crippen LogP contribution in [-0.2, 0) is 0 Å². The highest BCUT2D eigenvalue weighted by atomic mass is 35.5. The fourth-order valence-corrected chi connectivity index (χ4v) is 2.21. The van der Waals surface area contributed by atoms with Crippen molar-refractivity contribution in [3.8, 4) is 0 Å².